The summed E-state index contributed by atoms with van der Waals surface area (Å²) in [6.07, 6.45) is 16.6. The zero-order valence-corrected chi connectivity index (χ0v) is 14.6. The summed E-state index contributed by atoms with van der Waals surface area (Å²) in [5, 5.41) is 10.1. The molecule has 3 atom stereocenters. The van der Waals surface area contributed by atoms with Crippen LogP contribution in [0.4, 0.5) is 0 Å². The molecule has 0 aromatic carbocycles. The second-order valence-electron chi connectivity index (χ2n) is 6.06. The Kier molecular flexibility index (Phi) is 10.7. The Balaban J connectivity index is 1.96. The number of methoxy groups -OCH3 is 1. The highest BCUT2D eigenvalue weighted by Gasteiger charge is 2.41. The predicted octanol–water partition coefficient (Wildman–Crippen LogP) is 3.93. The maximum atomic E-state index is 11.0. The molecule has 1 rings (SSSR count). The van der Waals surface area contributed by atoms with Crippen LogP contribution in [0.3, 0.4) is 0 Å². The molecule has 1 fully saturated rings. The van der Waals surface area contributed by atoms with E-state index in [2.05, 4.69) is 36.0 Å². The molecule has 0 saturated carbocycles. The Morgan fingerprint density at radius 3 is 2.65 bits per heavy atom. The van der Waals surface area contributed by atoms with Gasteiger partial charge in [0, 0.05) is 6.42 Å². The average molecular weight is 324 g/mol. The molecule has 0 spiro atoms. The number of hydrogen-bond acceptors (Lipinski definition) is 4. The van der Waals surface area contributed by atoms with Crippen LogP contribution in [0.15, 0.2) is 24.3 Å². The van der Waals surface area contributed by atoms with E-state index >= 15 is 0 Å². The lowest BCUT2D eigenvalue weighted by Gasteiger charge is -2.07. The summed E-state index contributed by atoms with van der Waals surface area (Å²) in [6.45, 7) is 2.12. The number of hydrogen-bond donors (Lipinski definition) is 1. The van der Waals surface area contributed by atoms with Crippen LogP contribution >= 0.6 is 0 Å². The molecule has 4 heteroatoms. The summed E-state index contributed by atoms with van der Waals surface area (Å²) < 4.78 is 10.1. The van der Waals surface area contributed by atoms with E-state index in [1.165, 1.54) is 7.11 Å². The van der Waals surface area contributed by atoms with E-state index in [1.54, 1.807) is 0 Å². The lowest BCUT2D eigenvalue weighted by molar-refractivity contribution is -0.140. The minimum absolute atomic E-state index is 0.0132. The van der Waals surface area contributed by atoms with E-state index in [4.69, 9.17) is 4.74 Å². The maximum Gasteiger partial charge on any atom is 0.305 e. The molecule has 1 heterocycles. The third kappa shape index (κ3) is 9.57. The van der Waals surface area contributed by atoms with Crippen molar-refractivity contribution >= 4 is 5.97 Å². The maximum absolute atomic E-state index is 11.0. The first-order valence-corrected chi connectivity index (χ1v) is 8.91. The zero-order valence-electron chi connectivity index (χ0n) is 14.6. The molecule has 0 aromatic rings. The fourth-order valence-electron chi connectivity index (χ4n) is 2.57. The van der Waals surface area contributed by atoms with Gasteiger partial charge in [-0.15, -0.1) is 0 Å². The smallest absolute Gasteiger partial charge is 0.305 e. The van der Waals surface area contributed by atoms with Gasteiger partial charge in [0.15, 0.2) is 0 Å². The van der Waals surface area contributed by atoms with Crippen LogP contribution < -0.4 is 0 Å². The molecule has 1 aliphatic heterocycles. The summed E-state index contributed by atoms with van der Waals surface area (Å²) in [5.41, 5.74) is 0. The first kappa shape index (κ1) is 19.9. The van der Waals surface area contributed by atoms with Crippen molar-refractivity contribution in [3.05, 3.63) is 24.3 Å². The first-order valence-electron chi connectivity index (χ1n) is 8.91. The fourth-order valence-corrected chi connectivity index (χ4v) is 2.57. The Morgan fingerprint density at radius 2 is 1.91 bits per heavy atom. The lowest BCUT2D eigenvalue weighted by atomic mass is 10.0. The number of carbonyl (C=O) groups excluding carboxylic acids is 1. The number of epoxide rings is 1. The topological polar surface area (TPSA) is 59.1 Å². The van der Waals surface area contributed by atoms with E-state index in [0.717, 1.165) is 51.4 Å². The van der Waals surface area contributed by atoms with Crippen molar-refractivity contribution in [3.8, 4) is 0 Å². The zero-order chi connectivity index (χ0) is 16.9. The molecular formula is C19H32O4. The number of aliphatic hydroxyl groups is 1. The monoisotopic (exact) mass is 324 g/mol. The second kappa shape index (κ2) is 12.3. The van der Waals surface area contributed by atoms with Crippen LogP contribution in [0.5, 0.6) is 0 Å². The van der Waals surface area contributed by atoms with E-state index in [1.807, 2.05) is 0 Å². The number of unbranched alkanes of at least 4 members (excludes halogenated alkanes) is 4. The Bertz CT molecular complexity index is 376. The number of rotatable bonds is 13. The number of ether oxygens (including phenoxy) is 2. The highest BCUT2D eigenvalue weighted by molar-refractivity contribution is 5.68. The number of allylic oxidation sites excluding steroid dienone is 3. The van der Waals surface area contributed by atoms with Crippen molar-refractivity contribution in [1.82, 2.24) is 0 Å². The molecule has 0 amide bonds. The van der Waals surface area contributed by atoms with Gasteiger partial charge in [0.1, 0.15) is 12.2 Å². The van der Waals surface area contributed by atoms with Crippen LogP contribution in [0.25, 0.3) is 0 Å². The van der Waals surface area contributed by atoms with Gasteiger partial charge in [-0.3, -0.25) is 4.79 Å². The van der Waals surface area contributed by atoms with Crippen LogP contribution in [-0.2, 0) is 14.3 Å². The number of esters is 1. The SMILES string of the molecule is CC/C=C\C/C=C\[C@H]1O[C@H]1[C@@H](O)CCCCCCCC(=O)OC. The number of carbonyl (C=O) groups is 1. The van der Waals surface area contributed by atoms with Crippen molar-refractivity contribution in [3.63, 3.8) is 0 Å². The van der Waals surface area contributed by atoms with Crippen molar-refractivity contribution in [2.75, 3.05) is 7.11 Å². The molecule has 1 N–H and O–H groups in total. The van der Waals surface area contributed by atoms with Gasteiger partial charge in [-0.1, -0.05) is 56.9 Å². The van der Waals surface area contributed by atoms with Gasteiger partial charge >= 0.3 is 5.97 Å². The Hall–Kier alpha value is -1.13. The first-order chi connectivity index (χ1) is 11.2. The quantitative estimate of drug-likeness (QED) is 0.241. The molecule has 0 aliphatic carbocycles. The van der Waals surface area contributed by atoms with Crippen LogP contribution in [0.1, 0.15) is 64.7 Å². The van der Waals surface area contributed by atoms with Crippen molar-refractivity contribution < 1.29 is 19.4 Å². The summed E-state index contributed by atoms with van der Waals surface area (Å²) >= 11 is 0. The van der Waals surface area contributed by atoms with Gasteiger partial charge in [-0.05, 0) is 25.7 Å². The van der Waals surface area contributed by atoms with E-state index in [0.29, 0.717) is 6.42 Å². The second-order valence-corrected chi connectivity index (χ2v) is 6.06. The highest BCUT2D eigenvalue weighted by Crippen LogP contribution is 2.29. The van der Waals surface area contributed by atoms with Crippen molar-refractivity contribution in [2.45, 2.75) is 83.0 Å². The van der Waals surface area contributed by atoms with Gasteiger partial charge in [-0.2, -0.15) is 0 Å². The minimum Gasteiger partial charge on any atom is -0.469 e. The van der Waals surface area contributed by atoms with Crippen molar-refractivity contribution in [2.24, 2.45) is 0 Å². The molecule has 0 aromatic heterocycles. The van der Waals surface area contributed by atoms with Gasteiger partial charge in [0.25, 0.3) is 0 Å². The summed E-state index contributed by atoms with van der Waals surface area (Å²) in [5.74, 6) is -0.129. The number of aliphatic hydroxyl groups excluding tert-OH is 1. The summed E-state index contributed by atoms with van der Waals surface area (Å²) in [6, 6.07) is 0. The molecule has 132 valence electrons. The third-order valence-corrected chi connectivity index (χ3v) is 4.05. The molecule has 0 bridgehead atoms. The van der Waals surface area contributed by atoms with E-state index in [9.17, 15) is 9.90 Å². The summed E-state index contributed by atoms with van der Waals surface area (Å²) in [7, 11) is 1.42. The minimum atomic E-state index is -0.356. The molecular weight excluding hydrogens is 292 g/mol. The van der Waals surface area contributed by atoms with Gasteiger partial charge in [-0.25, -0.2) is 0 Å². The normalized spacial score (nSPS) is 21.9. The molecule has 1 saturated heterocycles. The Morgan fingerprint density at radius 1 is 1.17 bits per heavy atom. The fraction of sp³-hybridized carbons (Fsp3) is 0.737. The molecule has 0 unspecified atom stereocenters. The third-order valence-electron chi connectivity index (χ3n) is 4.05. The predicted molar refractivity (Wildman–Crippen MR) is 92.2 cm³/mol. The average Bonchev–Trinajstić information content (AvgIpc) is 3.33. The van der Waals surface area contributed by atoms with E-state index < -0.39 is 0 Å². The van der Waals surface area contributed by atoms with Crippen LogP contribution in [-0.4, -0.2) is 36.5 Å². The largest absolute Gasteiger partial charge is 0.469 e. The van der Waals surface area contributed by atoms with Crippen molar-refractivity contribution in [1.29, 1.82) is 0 Å². The molecule has 1 aliphatic rings. The van der Waals surface area contributed by atoms with Gasteiger partial charge in [0.2, 0.25) is 0 Å². The highest BCUT2D eigenvalue weighted by atomic mass is 16.6. The standard InChI is InChI=1S/C19H32O4/c1-3-4-5-7-11-14-17-19(23-17)16(20)13-10-8-6-9-12-15-18(21)22-2/h4-5,11,14,16-17,19-20H,3,6-10,12-13,15H2,1-2H3/b5-4-,14-11-/t16-,17+,19-/m0/s1. The summed E-state index contributed by atoms with van der Waals surface area (Å²) in [4.78, 5) is 11.0. The van der Waals surface area contributed by atoms with E-state index in [-0.39, 0.29) is 24.3 Å². The molecule has 0 radical (unpaired) electrons. The van der Waals surface area contributed by atoms with Crippen LogP contribution in [0.2, 0.25) is 0 Å². The Labute approximate surface area is 140 Å². The van der Waals surface area contributed by atoms with Crippen LogP contribution in [0, 0.1) is 0 Å². The molecule has 23 heavy (non-hydrogen) atoms. The lowest BCUT2D eigenvalue weighted by Crippen LogP contribution is -2.16. The van der Waals surface area contributed by atoms with Gasteiger partial charge in [0.05, 0.1) is 13.2 Å². The molecule has 4 nitrogen and oxygen atoms in total. The van der Waals surface area contributed by atoms with Gasteiger partial charge < -0.3 is 14.6 Å².